The maximum atomic E-state index is 6.09. The minimum Gasteiger partial charge on any atom is -0.493 e. The SMILES string of the molecule is CC1(CC2CCOc3ccccc32)CCC(N)C1. The van der Waals surface area contributed by atoms with E-state index in [0.29, 0.717) is 17.4 Å². The average Bonchev–Trinajstić information content (AvgIpc) is 2.70. The van der Waals surface area contributed by atoms with Crippen LogP contribution >= 0.6 is 0 Å². The Bertz CT molecular complexity index is 431. The lowest BCUT2D eigenvalue weighted by Crippen LogP contribution is -2.24. The molecular weight excluding hydrogens is 222 g/mol. The van der Waals surface area contributed by atoms with Crippen molar-refractivity contribution in [2.24, 2.45) is 11.1 Å². The summed E-state index contributed by atoms with van der Waals surface area (Å²) in [6.07, 6.45) is 6.09. The van der Waals surface area contributed by atoms with E-state index >= 15 is 0 Å². The molecule has 3 atom stereocenters. The first-order chi connectivity index (χ1) is 8.66. The van der Waals surface area contributed by atoms with Gasteiger partial charge in [0, 0.05) is 6.04 Å². The van der Waals surface area contributed by atoms with Gasteiger partial charge in [-0.05, 0) is 55.1 Å². The Hall–Kier alpha value is -1.02. The molecule has 0 spiro atoms. The highest BCUT2D eigenvalue weighted by atomic mass is 16.5. The van der Waals surface area contributed by atoms with Gasteiger partial charge in [-0.15, -0.1) is 0 Å². The Morgan fingerprint density at radius 2 is 2.17 bits per heavy atom. The third-order valence-corrected chi connectivity index (χ3v) is 4.70. The van der Waals surface area contributed by atoms with Gasteiger partial charge in [0.25, 0.3) is 0 Å². The topological polar surface area (TPSA) is 35.2 Å². The highest BCUT2D eigenvalue weighted by molar-refractivity contribution is 5.37. The van der Waals surface area contributed by atoms with Crippen molar-refractivity contribution in [2.75, 3.05) is 6.61 Å². The number of rotatable bonds is 2. The highest BCUT2D eigenvalue weighted by Gasteiger charge is 2.36. The van der Waals surface area contributed by atoms with E-state index in [4.69, 9.17) is 10.5 Å². The maximum Gasteiger partial charge on any atom is 0.122 e. The molecule has 1 aliphatic heterocycles. The summed E-state index contributed by atoms with van der Waals surface area (Å²) < 4.78 is 5.75. The Labute approximate surface area is 110 Å². The first kappa shape index (κ1) is 12.0. The fourth-order valence-corrected chi connectivity index (χ4v) is 3.78. The van der Waals surface area contributed by atoms with Crippen LogP contribution in [-0.2, 0) is 0 Å². The van der Waals surface area contributed by atoms with Crippen LogP contribution in [0.5, 0.6) is 5.75 Å². The van der Waals surface area contributed by atoms with Crippen molar-refractivity contribution in [1.29, 1.82) is 0 Å². The predicted octanol–water partition coefficient (Wildman–Crippen LogP) is 3.46. The van der Waals surface area contributed by atoms with E-state index in [1.807, 2.05) is 0 Å². The summed E-state index contributed by atoms with van der Waals surface area (Å²) in [5.74, 6) is 1.75. The van der Waals surface area contributed by atoms with Crippen LogP contribution in [0.1, 0.15) is 50.5 Å². The van der Waals surface area contributed by atoms with Crippen molar-refractivity contribution in [1.82, 2.24) is 0 Å². The van der Waals surface area contributed by atoms with Gasteiger partial charge in [-0.2, -0.15) is 0 Å². The third kappa shape index (κ3) is 2.26. The summed E-state index contributed by atoms with van der Waals surface area (Å²) in [6.45, 7) is 3.28. The number of para-hydroxylation sites is 1. The minimum atomic E-state index is 0.421. The van der Waals surface area contributed by atoms with Gasteiger partial charge in [-0.1, -0.05) is 25.1 Å². The number of fused-ring (bicyclic) bond motifs is 1. The van der Waals surface area contributed by atoms with Crippen LogP contribution in [0.4, 0.5) is 0 Å². The fraction of sp³-hybridized carbons (Fsp3) is 0.625. The molecule has 18 heavy (non-hydrogen) atoms. The molecule has 1 aliphatic carbocycles. The van der Waals surface area contributed by atoms with E-state index in [9.17, 15) is 0 Å². The van der Waals surface area contributed by atoms with Crippen LogP contribution in [0.2, 0.25) is 0 Å². The van der Waals surface area contributed by atoms with Crippen LogP contribution in [0.15, 0.2) is 24.3 Å². The molecular formula is C16H23NO. The van der Waals surface area contributed by atoms with Crippen molar-refractivity contribution >= 4 is 0 Å². The lowest BCUT2D eigenvalue weighted by molar-refractivity contribution is 0.215. The van der Waals surface area contributed by atoms with Crippen molar-refractivity contribution in [2.45, 2.75) is 51.0 Å². The summed E-state index contributed by atoms with van der Waals surface area (Å²) in [7, 11) is 0. The number of hydrogen-bond acceptors (Lipinski definition) is 2. The molecule has 2 N–H and O–H groups in total. The molecule has 1 heterocycles. The molecule has 3 rings (SSSR count). The van der Waals surface area contributed by atoms with Crippen LogP contribution in [0.25, 0.3) is 0 Å². The average molecular weight is 245 g/mol. The van der Waals surface area contributed by atoms with Gasteiger partial charge in [0.1, 0.15) is 5.75 Å². The van der Waals surface area contributed by atoms with Crippen LogP contribution < -0.4 is 10.5 Å². The molecule has 0 saturated heterocycles. The van der Waals surface area contributed by atoms with Crippen molar-refractivity contribution in [3.05, 3.63) is 29.8 Å². The standard InChI is InChI=1S/C16H23NO/c1-16(8-6-13(17)11-16)10-12-7-9-18-15-5-3-2-4-14(12)15/h2-5,12-13H,6-11,17H2,1H3. The second-order valence-electron chi connectivity index (χ2n) is 6.39. The fourth-order valence-electron chi connectivity index (χ4n) is 3.78. The third-order valence-electron chi connectivity index (χ3n) is 4.70. The van der Waals surface area contributed by atoms with Gasteiger partial charge in [0.2, 0.25) is 0 Å². The molecule has 2 nitrogen and oxygen atoms in total. The molecule has 1 fully saturated rings. The Morgan fingerprint density at radius 3 is 2.94 bits per heavy atom. The van der Waals surface area contributed by atoms with E-state index in [1.54, 1.807) is 0 Å². The molecule has 0 amide bonds. The van der Waals surface area contributed by atoms with E-state index in [1.165, 1.54) is 31.2 Å². The van der Waals surface area contributed by atoms with Crippen molar-refractivity contribution in [3.63, 3.8) is 0 Å². The molecule has 2 aliphatic rings. The summed E-state index contributed by atoms with van der Waals surface area (Å²) in [5.41, 5.74) is 7.93. The Morgan fingerprint density at radius 1 is 1.33 bits per heavy atom. The molecule has 1 aromatic carbocycles. The van der Waals surface area contributed by atoms with E-state index in [0.717, 1.165) is 18.8 Å². The summed E-state index contributed by atoms with van der Waals surface area (Å²) in [5, 5.41) is 0. The zero-order chi connectivity index (χ0) is 12.6. The lowest BCUT2D eigenvalue weighted by Gasteiger charge is -2.33. The number of benzene rings is 1. The largest absolute Gasteiger partial charge is 0.493 e. The van der Waals surface area contributed by atoms with Gasteiger partial charge in [-0.25, -0.2) is 0 Å². The summed E-state index contributed by atoms with van der Waals surface area (Å²) in [4.78, 5) is 0. The van der Waals surface area contributed by atoms with E-state index in [-0.39, 0.29) is 0 Å². The highest BCUT2D eigenvalue weighted by Crippen LogP contribution is 2.47. The molecule has 0 aromatic heterocycles. The smallest absolute Gasteiger partial charge is 0.122 e. The van der Waals surface area contributed by atoms with Crippen LogP contribution in [0, 0.1) is 5.41 Å². The van der Waals surface area contributed by atoms with Gasteiger partial charge in [0.05, 0.1) is 6.61 Å². The molecule has 3 unspecified atom stereocenters. The predicted molar refractivity (Wildman–Crippen MR) is 73.8 cm³/mol. The second kappa shape index (κ2) is 4.58. The number of hydrogen-bond donors (Lipinski definition) is 1. The summed E-state index contributed by atoms with van der Waals surface area (Å²) >= 11 is 0. The second-order valence-corrected chi connectivity index (χ2v) is 6.39. The molecule has 1 saturated carbocycles. The summed E-state index contributed by atoms with van der Waals surface area (Å²) in [6, 6.07) is 8.95. The van der Waals surface area contributed by atoms with Gasteiger partial charge in [-0.3, -0.25) is 0 Å². The molecule has 1 aromatic rings. The number of nitrogens with two attached hydrogens (primary N) is 1. The monoisotopic (exact) mass is 245 g/mol. The maximum absolute atomic E-state index is 6.09. The van der Waals surface area contributed by atoms with Gasteiger partial charge >= 0.3 is 0 Å². The van der Waals surface area contributed by atoms with Crippen molar-refractivity contribution < 1.29 is 4.74 Å². The van der Waals surface area contributed by atoms with Crippen molar-refractivity contribution in [3.8, 4) is 5.75 Å². The number of ether oxygens (including phenoxy) is 1. The zero-order valence-corrected chi connectivity index (χ0v) is 11.2. The first-order valence-corrected chi connectivity index (χ1v) is 7.14. The van der Waals surface area contributed by atoms with E-state index < -0.39 is 0 Å². The molecule has 2 heteroatoms. The van der Waals surface area contributed by atoms with Gasteiger partial charge in [0.15, 0.2) is 0 Å². The molecule has 0 radical (unpaired) electrons. The zero-order valence-electron chi connectivity index (χ0n) is 11.2. The molecule has 0 bridgehead atoms. The molecule has 98 valence electrons. The Balaban J connectivity index is 1.78. The van der Waals surface area contributed by atoms with Gasteiger partial charge < -0.3 is 10.5 Å². The van der Waals surface area contributed by atoms with Crippen LogP contribution in [0.3, 0.4) is 0 Å². The lowest BCUT2D eigenvalue weighted by atomic mass is 9.75. The normalized spacial score (nSPS) is 35.0. The van der Waals surface area contributed by atoms with Crippen LogP contribution in [-0.4, -0.2) is 12.6 Å². The van der Waals surface area contributed by atoms with E-state index in [2.05, 4.69) is 31.2 Å². The minimum absolute atomic E-state index is 0.421. The Kier molecular flexibility index (Phi) is 3.06. The quantitative estimate of drug-likeness (QED) is 0.866. The first-order valence-electron chi connectivity index (χ1n) is 7.14.